The zero-order valence-electron chi connectivity index (χ0n) is 10.6. The average Bonchev–Trinajstić information content (AvgIpc) is 2.92. The van der Waals surface area contributed by atoms with Crippen molar-refractivity contribution in [3.8, 4) is 0 Å². The Morgan fingerprint density at radius 1 is 1.56 bits per heavy atom. The SMILES string of the molecule is CCCNc1ccc(NC(=O)C2CCCO2)nc1. The van der Waals surface area contributed by atoms with Gasteiger partial charge in [0.15, 0.2) is 0 Å². The Morgan fingerprint density at radius 2 is 2.44 bits per heavy atom. The summed E-state index contributed by atoms with van der Waals surface area (Å²) in [6, 6.07) is 3.71. The third kappa shape index (κ3) is 3.43. The van der Waals surface area contributed by atoms with Crippen molar-refractivity contribution in [1.29, 1.82) is 0 Å². The van der Waals surface area contributed by atoms with Crippen LogP contribution >= 0.6 is 0 Å². The Balaban J connectivity index is 1.87. The fourth-order valence-electron chi connectivity index (χ4n) is 1.83. The molecule has 1 atom stereocenters. The van der Waals surface area contributed by atoms with Gasteiger partial charge in [-0.2, -0.15) is 0 Å². The second kappa shape index (κ2) is 6.35. The van der Waals surface area contributed by atoms with E-state index in [9.17, 15) is 4.79 Å². The Bertz CT molecular complexity index is 386. The van der Waals surface area contributed by atoms with Crippen molar-refractivity contribution in [3.63, 3.8) is 0 Å². The Hall–Kier alpha value is -1.62. The van der Waals surface area contributed by atoms with Gasteiger partial charge in [-0.05, 0) is 31.4 Å². The molecule has 0 spiro atoms. The molecule has 98 valence electrons. The van der Waals surface area contributed by atoms with Gasteiger partial charge in [0.1, 0.15) is 11.9 Å². The molecular weight excluding hydrogens is 230 g/mol. The van der Waals surface area contributed by atoms with Crippen LogP contribution in [0, 0.1) is 0 Å². The van der Waals surface area contributed by atoms with Crippen LogP contribution in [0.1, 0.15) is 26.2 Å². The van der Waals surface area contributed by atoms with Gasteiger partial charge in [-0.25, -0.2) is 4.98 Å². The molecule has 1 aliphatic heterocycles. The first kappa shape index (κ1) is 12.8. The number of hydrogen-bond acceptors (Lipinski definition) is 4. The number of amides is 1. The molecule has 2 rings (SSSR count). The molecule has 0 radical (unpaired) electrons. The van der Waals surface area contributed by atoms with Gasteiger partial charge in [-0.15, -0.1) is 0 Å². The molecule has 0 saturated carbocycles. The van der Waals surface area contributed by atoms with E-state index in [1.165, 1.54) is 0 Å². The lowest BCUT2D eigenvalue weighted by atomic mass is 10.2. The minimum absolute atomic E-state index is 0.103. The van der Waals surface area contributed by atoms with Crippen LogP contribution in [-0.2, 0) is 9.53 Å². The van der Waals surface area contributed by atoms with E-state index < -0.39 is 0 Å². The number of anilines is 2. The molecule has 0 bridgehead atoms. The summed E-state index contributed by atoms with van der Waals surface area (Å²) in [6.07, 6.45) is 4.22. The maximum Gasteiger partial charge on any atom is 0.254 e. The van der Waals surface area contributed by atoms with Gasteiger partial charge in [0.2, 0.25) is 0 Å². The van der Waals surface area contributed by atoms with Crippen LogP contribution in [0.4, 0.5) is 11.5 Å². The van der Waals surface area contributed by atoms with Crippen molar-refractivity contribution in [2.75, 3.05) is 23.8 Å². The molecule has 1 amide bonds. The summed E-state index contributed by atoms with van der Waals surface area (Å²) in [5, 5.41) is 5.99. The van der Waals surface area contributed by atoms with E-state index in [-0.39, 0.29) is 12.0 Å². The van der Waals surface area contributed by atoms with Gasteiger partial charge in [0, 0.05) is 13.2 Å². The van der Waals surface area contributed by atoms with Crippen LogP contribution in [-0.4, -0.2) is 30.1 Å². The predicted molar refractivity (Wildman–Crippen MR) is 70.6 cm³/mol. The quantitative estimate of drug-likeness (QED) is 0.838. The number of carbonyl (C=O) groups excluding carboxylic acids is 1. The number of rotatable bonds is 5. The molecule has 18 heavy (non-hydrogen) atoms. The maximum absolute atomic E-state index is 11.8. The molecule has 0 aliphatic carbocycles. The summed E-state index contributed by atoms with van der Waals surface area (Å²) in [5.41, 5.74) is 0.965. The largest absolute Gasteiger partial charge is 0.384 e. The molecule has 2 heterocycles. The topological polar surface area (TPSA) is 63.2 Å². The predicted octanol–water partition coefficient (Wildman–Crippen LogP) is 2.02. The van der Waals surface area contributed by atoms with Crippen LogP contribution in [0.15, 0.2) is 18.3 Å². The molecular formula is C13H19N3O2. The second-order valence-corrected chi connectivity index (χ2v) is 4.35. The normalized spacial score (nSPS) is 18.6. The zero-order valence-corrected chi connectivity index (χ0v) is 10.6. The highest BCUT2D eigenvalue weighted by atomic mass is 16.5. The first-order valence-electron chi connectivity index (χ1n) is 6.42. The first-order valence-corrected chi connectivity index (χ1v) is 6.42. The van der Waals surface area contributed by atoms with E-state index >= 15 is 0 Å². The Morgan fingerprint density at radius 3 is 3.06 bits per heavy atom. The Labute approximate surface area is 107 Å². The van der Waals surface area contributed by atoms with Crippen LogP contribution in [0.5, 0.6) is 0 Å². The maximum atomic E-state index is 11.8. The summed E-state index contributed by atoms with van der Waals surface area (Å²) >= 11 is 0. The number of aromatic nitrogens is 1. The lowest BCUT2D eigenvalue weighted by Crippen LogP contribution is -2.27. The van der Waals surface area contributed by atoms with Crippen molar-refractivity contribution in [1.82, 2.24) is 4.98 Å². The molecule has 1 aromatic rings. The first-order chi connectivity index (χ1) is 8.79. The van der Waals surface area contributed by atoms with Gasteiger partial charge in [0.05, 0.1) is 11.9 Å². The van der Waals surface area contributed by atoms with Gasteiger partial charge in [0.25, 0.3) is 5.91 Å². The van der Waals surface area contributed by atoms with Crippen molar-refractivity contribution in [3.05, 3.63) is 18.3 Å². The highest BCUT2D eigenvalue weighted by molar-refractivity contribution is 5.93. The molecule has 5 nitrogen and oxygen atoms in total. The van der Waals surface area contributed by atoms with Gasteiger partial charge in [-0.1, -0.05) is 6.92 Å². The summed E-state index contributed by atoms with van der Waals surface area (Å²) in [6.45, 7) is 3.70. The van der Waals surface area contributed by atoms with Crippen molar-refractivity contribution < 1.29 is 9.53 Å². The van der Waals surface area contributed by atoms with E-state index in [2.05, 4.69) is 22.5 Å². The molecule has 0 aromatic carbocycles. The minimum atomic E-state index is -0.315. The molecule has 1 aromatic heterocycles. The molecule has 1 unspecified atom stereocenters. The van der Waals surface area contributed by atoms with Crippen molar-refractivity contribution >= 4 is 17.4 Å². The number of nitrogens with zero attached hydrogens (tertiary/aromatic N) is 1. The summed E-state index contributed by atoms with van der Waals surface area (Å²) < 4.78 is 5.31. The molecule has 2 N–H and O–H groups in total. The lowest BCUT2D eigenvalue weighted by Gasteiger charge is -2.10. The Kier molecular flexibility index (Phi) is 4.52. The molecule has 1 fully saturated rings. The van der Waals surface area contributed by atoms with Crippen molar-refractivity contribution in [2.24, 2.45) is 0 Å². The van der Waals surface area contributed by atoms with Crippen LogP contribution in [0.2, 0.25) is 0 Å². The standard InChI is InChI=1S/C13H19N3O2/c1-2-7-14-10-5-6-12(15-9-10)16-13(17)11-4-3-8-18-11/h5-6,9,11,14H,2-4,7-8H2,1H3,(H,15,16,17). The van der Waals surface area contributed by atoms with E-state index in [4.69, 9.17) is 4.74 Å². The molecule has 5 heteroatoms. The van der Waals surface area contributed by atoms with E-state index in [0.29, 0.717) is 12.4 Å². The number of carbonyl (C=O) groups is 1. The summed E-state index contributed by atoms with van der Waals surface area (Å²) in [5.74, 6) is 0.465. The van der Waals surface area contributed by atoms with E-state index in [1.54, 1.807) is 12.3 Å². The highest BCUT2D eigenvalue weighted by Crippen LogP contribution is 2.15. The lowest BCUT2D eigenvalue weighted by molar-refractivity contribution is -0.124. The summed E-state index contributed by atoms with van der Waals surface area (Å²) in [4.78, 5) is 16.0. The van der Waals surface area contributed by atoms with Crippen LogP contribution in [0.3, 0.4) is 0 Å². The second-order valence-electron chi connectivity index (χ2n) is 4.35. The third-order valence-electron chi connectivity index (χ3n) is 2.82. The monoisotopic (exact) mass is 249 g/mol. The average molecular weight is 249 g/mol. The zero-order chi connectivity index (χ0) is 12.8. The van der Waals surface area contributed by atoms with Gasteiger partial charge < -0.3 is 15.4 Å². The smallest absolute Gasteiger partial charge is 0.254 e. The number of ether oxygens (including phenoxy) is 1. The fraction of sp³-hybridized carbons (Fsp3) is 0.538. The number of hydrogen-bond donors (Lipinski definition) is 2. The molecule has 1 saturated heterocycles. The van der Waals surface area contributed by atoms with Gasteiger partial charge >= 0.3 is 0 Å². The summed E-state index contributed by atoms with van der Waals surface area (Å²) in [7, 11) is 0. The number of nitrogens with one attached hydrogen (secondary N) is 2. The van der Waals surface area contributed by atoms with Crippen LogP contribution in [0.25, 0.3) is 0 Å². The minimum Gasteiger partial charge on any atom is -0.384 e. The van der Waals surface area contributed by atoms with Crippen LogP contribution < -0.4 is 10.6 Å². The van der Waals surface area contributed by atoms with Crippen molar-refractivity contribution in [2.45, 2.75) is 32.3 Å². The molecule has 1 aliphatic rings. The van der Waals surface area contributed by atoms with Gasteiger partial charge in [-0.3, -0.25) is 4.79 Å². The number of pyridine rings is 1. The van der Waals surface area contributed by atoms with E-state index in [1.807, 2.05) is 6.07 Å². The fourth-order valence-corrected chi connectivity index (χ4v) is 1.83. The highest BCUT2D eigenvalue weighted by Gasteiger charge is 2.23. The van der Waals surface area contributed by atoms with E-state index in [0.717, 1.165) is 31.5 Å². The third-order valence-corrected chi connectivity index (χ3v) is 2.82.